The Morgan fingerprint density at radius 3 is 2.44 bits per heavy atom. The van der Waals surface area contributed by atoms with Crippen molar-refractivity contribution in [3.05, 3.63) is 30.0 Å². The van der Waals surface area contributed by atoms with Crippen molar-refractivity contribution < 1.29 is 0 Å². The van der Waals surface area contributed by atoms with Crippen LogP contribution in [0.1, 0.15) is 5.69 Å². The first-order valence-corrected chi connectivity index (χ1v) is 5.76. The molecule has 0 bridgehead atoms. The number of nitrogens with zero attached hydrogens (tertiary/aromatic N) is 3. The van der Waals surface area contributed by atoms with Crippen LogP contribution in [0.5, 0.6) is 0 Å². The van der Waals surface area contributed by atoms with Crippen LogP contribution >= 0.6 is 11.6 Å². The molecule has 84 valence electrons. The lowest BCUT2D eigenvalue weighted by atomic mass is 10.3. The Hall–Kier alpha value is -1.35. The number of halogens is 1. The lowest BCUT2D eigenvalue weighted by Crippen LogP contribution is -2.22. The maximum absolute atomic E-state index is 5.73. The fourth-order valence-corrected chi connectivity index (χ4v) is 1.93. The van der Waals surface area contributed by atoms with Gasteiger partial charge in [-0.2, -0.15) is 0 Å². The second kappa shape index (κ2) is 4.66. The number of alkyl halides is 1. The highest BCUT2D eigenvalue weighted by atomic mass is 35.5. The third kappa shape index (κ3) is 2.09. The highest BCUT2D eigenvalue weighted by Crippen LogP contribution is 2.18. The molecule has 0 radical (unpaired) electrons. The number of anilines is 1. The van der Waals surface area contributed by atoms with Crippen molar-refractivity contribution in [1.29, 1.82) is 0 Å². The average Bonchev–Trinajstić information content (AvgIpc) is 2.28. The van der Waals surface area contributed by atoms with E-state index in [1.807, 2.05) is 43.1 Å². The van der Waals surface area contributed by atoms with E-state index in [0.29, 0.717) is 5.88 Å². The monoisotopic (exact) mass is 235 g/mol. The van der Waals surface area contributed by atoms with Crippen molar-refractivity contribution in [2.24, 2.45) is 0 Å². The molecular formula is C12H14ClN3. The Morgan fingerprint density at radius 2 is 1.81 bits per heavy atom. The molecule has 0 saturated heterocycles. The summed E-state index contributed by atoms with van der Waals surface area (Å²) in [6.45, 7) is 2.74. The Morgan fingerprint density at radius 1 is 1.19 bits per heavy atom. The number of hydrogen-bond acceptors (Lipinski definition) is 3. The molecular weight excluding hydrogens is 222 g/mol. The van der Waals surface area contributed by atoms with E-state index in [4.69, 9.17) is 11.6 Å². The van der Waals surface area contributed by atoms with Crippen LogP contribution in [0.15, 0.2) is 24.3 Å². The van der Waals surface area contributed by atoms with E-state index in [9.17, 15) is 0 Å². The Balaban J connectivity index is 2.49. The van der Waals surface area contributed by atoms with Gasteiger partial charge in [0, 0.05) is 19.5 Å². The van der Waals surface area contributed by atoms with Crippen molar-refractivity contribution in [2.75, 3.05) is 24.4 Å². The van der Waals surface area contributed by atoms with Crippen LogP contribution in [0, 0.1) is 6.92 Å². The van der Waals surface area contributed by atoms with E-state index in [0.717, 1.165) is 29.1 Å². The van der Waals surface area contributed by atoms with Crippen LogP contribution < -0.4 is 4.90 Å². The summed E-state index contributed by atoms with van der Waals surface area (Å²) in [6.07, 6.45) is 0. The van der Waals surface area contributed by atoms with Crippen molar-refractivity contribution >= 4 is 28.5 Å². The third-order valence-corrected chi connectivity index (χ3v) is 2.67. The molecule has 0 atom stereocenters. The molecule has 0 N–H and O–H groups in total. The fraction of sp³-hybridized carbons (Fsp3) is 0.333. The van der Waals surface area contributed by atoms with E-state index in [2.05, 4.69) is 9.97 Å². The van der Waals surface area contributed by atoms with Gasteiger partial charge in [-0.05, 0) is 19.1 Å². The molecule has 0 aliphatic rings. The molecule has 0 fully saturated rings. The summed E-state index contributed by atoms with van der Waals surface area (Å²) in [4.78, 5) is 11.2. The minimum absolute atomic E-state index is 0.588. The molecule has 2 aromatic rings. The predicted octanol–water partition coefficient (Wildman–Crippen LogP) is 2.61. The van der Waals surface area contributed by atoms with E-state index in [1.165, 1.54) is 0 Å². The van der Waals surface area contributed by atoms with Crippen LogP contribution in [0.3, 0.4) is 0 Å². The summed E-state index contributed by atoms with van der Waals surface area (Å²) in [6, 6.07) is 7.89. The lowest BCUT2D eigenvalue weighted by Gasteiger charge is -2.18. The number of rotatable bonds is 3. The van der Waals surface area contributed by atoms with Crippen molar-refractivity contribution in [3.8, 4) is 0 Å². The molecule has 1 heterocycles. The molecule has 0 aliphatic heterocycles. The van der Waals surface area contributed by atoms with Crippen molar-refractivity contribution in [3.63, 3.8) is 0 Å². The largest absolute Gasteiger partial charge is 0.357 e. The summed E-state index contributed by atoms with van der Waals surface area (Å²) in [5, 5.41) is 0. The molecule has 0 unspecified atom stereocenters. The van der Waals surface area contributed by atoms with Crippen molar-refractivity contribution in [2.45, 2.75) is 6.92 Å². The van der Waals surface area contributed by atoms with Crippen LogP contribution in [0.25, 0.3) is 11.0 Å². The number of fused-ring (bicyclic) bond motifs is 1. The second-order valence-corrected chi connectivity index (χ2v) is 4.11. The van der Waals surface area contributed by atoms with Gasteiger partial charge in [-0.3, -0.25) is 0 Å². The molecule has 2 rings (SSSR count). The second-order valence-electron chi connectivity index (χ2n) is 3.73. The molecule has 0 spiro atoms. The van der Waals surface area contributed by atoms with Gasteiger partial charge in [-0.1, -0.05) is 12.1 Å². The first-order valence-electron chi connectivity index (χ1n) is 5.23. The van der Waals surface area contributed by atoms with Gasteiger partial charge in [0.1, 0.15) is 0 Å². The van der Waals surface area contributed by atoms with E-state index in [-0.39, 0.29) is 0 Å². The number of aryl methyl sites for hydroxylation is 1. The quantitative estimate of drug-likeness (QED) is 0.766. The zero-order valence-electron chi connectivity index (χ0n) is 9.44. The summed E-state index contributed by atoms with van der Waals surface area (Å²) < 4.78 is 0. The number of hydrogen-bond donors (Lipinski definition) is 0. The molecule has 3 nitrogen and oxygen atoms in total. The van der Waals surface area contributed by atoms with Gasteiger partial charge in [0.15, 0.2) is 5.82 Å². The molecule has 1 aromatic heterocycles. The highest BCUT2D eigenvalue weighted by molar-refractivity contribution is 6.18. The maximum Gasteiger partial charge on any atom is 0.150 e. The van der Waals surface area contributed by atoms with Gasteiger partial charge in [-0.15, -0.1) is 11.6 Å². The van der Waals surface area contributed by atoms with Gasteiger partial charge >= 0.3 is 0 Å². The summed E-state index contributed by atoms with van der Waals surface area (Å²) in [5.41, 5.74) is 2.79. The molecule has 0 amide bonds. The maximum atomic E-state index is 5.73. The minimum Gasteiger partial charge on any atom is -0.357 e. The van der Waals surface area contributed by atoms with Crippen LogP contribution in [-0.4, -0.2) is 29.4 Å². The number of para-hydroxylation sites is 2. The van der Waals surface area contributed by atoms with Crippen LogP contribution in [0.2, 0.25) is 0 Å². The minimum atomic E-state index is 0.588. The smallest absolute Gasteiger partial charge is 0.150 e. The molecule has 0 saturated carbocycles. The molecule has 0 aliphatic carbocycles. The Kier molecular flexibility index (Phi) is 3.25. The fourth-order valence-electron chi connectivity index (χ4n) is 1.67. The van der Waals surface area contributed by atoms with Gasteiger partial charge in [0.05, 0.1) is 16.7 Å². The molecule has 1 aromatic carbocycles. The van der Waals surface area contributed by atoms with Gasteiger partial charge in [-0.25, -0.2) is 9.97 Å². The topological polar surface area (TPSA) is 29.0 Å². The Labute approximate surface area is 100 Å². The van der Waals surface area contributed by atoms with E-state index < -0.39 is 0 Å². The standard InChI is InChI=1S/C12H14ClN3/c1-9-12(16(2)8-7-13)15-11-6-4-3-5-10(11)14-9/h3-6H,7-8H2,1-2H3. The summed E-state index contributed by atoms with van der Waals surface area (Å²) >= 11 is 5.73. The zero-order chi connectivity index (χ0) is 11.5. The van der Waals surface area contributed by atoms with Crippen molar-refractivity contribution in [1.82, 2.24) is 9.97 Å². The number of aromatic nitrogens is 2. The first-order chi connectivity index (χ1) is 7.72. The number of benzene rings is 1. The zero-order valence-corrected chi connectivity index (χ0v) is 10.2. The predicted molar refractivity (Wildman–Crippen MR) is 68.3 cm³/mol. The summed E-state index contributed by atoms with van der Waals surface area (Å²) in [5.74, 6) is 1.49. The van der Waals surface area contributed by atoms with Crippen LogP contribution in [-0.2, 0) is 0 Å². The van der Waals surface area contributed by atoms with Gasteiger partial charge < -0.3 is 4.90 Å². The molecule has 4 heteroatoms. The van der Waals surface area contributed by atoms with Crippen LogP contribution in [0.4, 0.5) is 5.82 Å². The normalized spacial score (nSPS) is 10.7. The highest BCUT2D eigenvalue weighted by Gasteiger charge is 2.08. The SMILES string of the molecule is Cc1nc2ccccc2nc1N(C)CCCl. The van der Waals surface area contributed by atoms with E-state index >= 15 is 0 Å². The lowest BCUT2D eigenvalue weighted by molar-refractivity contribution is 0.928. The average molecular weight is 236 g/mol. The first kappa shape index (κ1) is 11.1. The molecule has 16 heavy (non-hydrogen) atoms. The summed E-state index contributed by atoms with van der Waals surface area (Å²) in [7, 11) is 1.98. The van der Waals surface area contributed by atoms with Gasteiger partial charge in [0.25, 0.3) is 0 Å². The third-order valence-electron chi connectivity index (χ3n) is 2.50. The van der Waals surface area contributed by atoms with E-state index in [1.54, 1.807) is 0 Å². The van der Waals surface area contributed by atoms with Gasteiger partial charge in [0.2, 0.25) is 0 Å². The Bertz CT molecular complexity index is 499.